The van der Waals surface area contributed by atoms with E-state index in [0.29, 0.717) is 19.3 Å². The fourth-order valence-corrected chi connectivity index (χ4v) is 5.15. The summed E-state index contributed by atoms with van der Waals surface area (Å²) in [5.41, 5.74) is 2.40. The molecule has 2 atom stereocenters. The van der Waals surface area contributed by atoms with Crippen molar-refractivity contribution >= 4 is 0 Å². The second-order valence-electron chi connectivity index (χ2n) is 8.85. The molecule has 0 amide bonds. The standard InChI is InChI=1S/C25H34N2O3/c1-26-13-6-11-25(19-28)12-14-27(17-24(25)26)16-21-9-10-22(15-23(21)29-2)30-18-20-7-4-3-5-8-20/h3-5,7-10,15,24,28H,6,11-14,16-19H2,1-2H3/t24-,25-/m1/s1. The Kier molecular flexibility index (Phi) is 6.61. The van der Waals surface area contributed by atoms with Crippen LogP contribution in [0.15, 0.2) is 48.5 Å². The second-order valence-corrected chi connectivity index (χ2v) is 8.85. The molecule has 30 heavy (non-hydrogen) atoms. The van der Waals surface area contributed by atoms with Crippen molar-refractivity contribution in [1.82, 2.24) is 9.80 Å². The van der Waals surface area contributed by atoms with E-state index < -0.39 is 0 Å². The lowest BCUT2D eigenvalue weighted by molar-refractivity contribution is -0.0685. The van der Waals surface area contributed by atoms with Crippen LogP contribution in [0.5, 0.6) is 11.5 Å². The van der Waals surface area contributed by atoms with E-state index in [-0.39, 0.29) is 5.41 Å². The number of aliphatic hydroxyl groups is 1. The molecule has 0 saturated carbocycles. The van der Waals surface area contributed by atoms with E-state index in [1.165, 1.54) is 12.0 Å². The molecule has 5 nitrogen and oxygen atoms in total. The van der Waals surface area contributed by atoms with Gasteiger partial charge in [0.05, 0.1) is 13.7 Å². The third-order valence-corrected chi connectivity index (χ3v) is 7.00. The molecule has 2 aromatic rings. The number of aliphatic hydroxyl groups excluding tert-OH is 1. The van der Waals surface area contributed by atoms with Crippen molar-refractivity contribution in [2.45, 2.75) is 38.5 Å². The van der Waals surface area contributed by atoms with Gasteiger partial charge in [0.25, 0.3) is 0 Å². The number of methoxy groups -OCH3 is 1. The zero-order chi connectivity index (χ0) is 21.0. The van der Waals surface area contributed by atoms with E-state index >= 15 is 0 Å². The highest BCUT2D eigenvalue weighted by Gasteiger charge is 2.46. The number of ether oxygens (including phenoxy) is 2. The van der Waals surface area contributed by atoms with Crippen molar-refractivity contribution in [3.05, 3.63) is 59.7 Å². The number of benzene rings is 2. The molecule has 0 spiro atoms. The first kappa shape index (κ1) is 21.2. The third kappa shape index (κ3) is 4.48. The molecule has 0 bridgehead atoms. The van der Waals surface area contributed by atoms with Crippen molar-refractivity contribution in [3.63, 3.8) is 0 Å². The van der Waals surface area contributed by atoms with E-state index in [4.69, 9.17) is 9.47 Å². The van der Waals surface area contributed by atoms with Gasteiger partial charge in [-0.25, -0.2) is 0 Å². The highest BCUT2D eigenvalue weighted by Crippen LogP contribution is 2.42. The van der Waals surface area contributed by atoms with Gasteiger partial charge in [-0.3, -0.25) is 4.90 Å². The molecule has 2 aromatic carbocycles. The Balaban J connectivity index is 1.41. The van der Waals surface area contributed by atoms with Crippen LogP contribution < -0.4 is 9.47 Å². The average molecular weight is 411 g/mol. The van der Waals surface area contributed by atoms with Crippen LogP contribution in [0.1, 0.15) is 30.4 Å². The SMILES string of the molecule is COc1cc(OCc2ccccc2)ccc1CN1CC[C@@]2(CO)CCCN(C)[C@@H]2C1. The van der Waals surface area contributed by atoms with Gasteiger partial charge in [0, 0.05) is 36.2 Å². The van der Waals surface area contributed by atoms with Crippen LogP contribution in [0.2, 0.25) is 0 Å². The lowest BCUT2D eigenvalue weighted by Crippen LogP contribution is -2.61. The first-order valence-corrected chi connectivity index (χ1v) is 11.0. The Labute approximate surface area is 180 Å². The maximum atomic E-state index is 10.1. The highest BCUT2D eigenvalue weighted by molar-refractivity contribution is 5.41. The van der Waals surface area contributed by atoms with Gasteiger partial charge in [-0.1, -0.05) is 36.4 Å². The van der Waals surface area contributed by atoms with Crippen molar-refractivity contribution in [3.8, 4) is 11.5 Å². The molecule has 0 unspecified atom stereocenters. The van der Waals surface area contributed by atoms with Crippen LogP contribution in [0.25, 0.3) is 0 Å². The molecule has 2 saturated heterocycles. The number of piperidine rings is 2. The maximum absolute atomic E-state index is 10.1. The zero-order valence-corrected chi connectivity index (χ0v) is 18.2. The molecule has 162 valence electrons. The molecule has 2 fully saturated rings. The van der Waals surface area contributed by atoms with E-state index in [2.05, 4.69) is 35.0 Å². The zero-order valence-electron chi connectivity index (χ0n) is 18.2. The minimum atomic E-state index is 0.0721. The molecule has 0 aromatic heterocycles. The van der Waals surface area contributed by atoms with Gasteiger partial charge in [-0.05, 0) is 51.0 Å². The van der Waals surface area contributed by atoms with E-state index in [1.54, 1.807) is 7.11 Å². The molecule has 0 aliphatic carbocycles. The first-order chi connectivity index (χ1) is 14.6. The summed E-state index contributed by atoms with van der Waals surface area (Å²) in [5.74, 6) is 1.70. The van der Waals surface area contributed by atoms with Crippen molar-refractivity contribution in [1.29, 1.82) is 0 Å². The Morgan fingerprint density at radius 2 is 1.93 bits per heavy atom. The van der Waals surface area contributed by atoms with Gasteiger partial charge in [0.2, 0.25) is 0 Å². The number of nitrogens with zero attached hydrogens (tertiary/aromatic N) is 2. The highest BCUT2D eigenvalue weighted by atomic mass is 16.5. The van der Waals surface area contributed by atoms with Crippen molar-refractivity contribution < 1.29 is 14.6 Å². The summed E-state index contributed by atoms with van der Waals surface area (Å²) in [6.45, 7) is 4.83. The summed E-state index contributed by atoms with van der Waals surface area (Å²) >= 11 is 0. The van der Waals surface area contributed by atoms with E-state index in [1.807, 2.05) is 30.3 Å². The van der Waals surface area contributed by atoms with Crippen LogP contribution >= 0.6 is 0 Å². The number of rotatable bonds is 7. The molecule has 0 radical (unpaired) electrons. The van der Waals surface area contributed by atoms with Crippen LogP contribution in [-0.4, -0.2) is 61.3 Å². The largest absolute Gasteiger partial charge is 0.496 e. The lowest BCUT2D eigenvalue weighted by Gasteiger charge is -2.53. The molecule has 2 aliphatic rings. The Bertz CT molecular complexity index is 828. The molecular weight excluding hydrogens is 376 g/mol. The van der Waals surface area contributed by atoms with E-state index in [9.17, 15) is 5.11 Å². The minimum Gasteiger partial charge on any atom is -0.496 e. The smallest absolute Gasteiger partial charge is 0.127 e. The summed E-state index contributed by atoms with van der Waals surface area (Å²) in [4.78, 5) is 4.95. The predicted octanol–water partition coefficient (Wildman–Crippen LogP) is 3.55. The predicted molar refractivity (Wildman–Crippen MR) is 119 cm³/mol. The summed E-state index contributed by atoms with van der Waals surface area (Å²) < 4.78 is 11.7. The normalized spacial score (nSPS) is 25.0. The summed E-state index contributed by atoms with van der Waals surface area (Å²) in [5, 5.41) is 10.1. The third-order valence-electron chi connectivity index (χ3n) is 7.00. The number of fused-ring (bicyclic) bond motifs is 1. The van der Waals surface area contributed by atoms with Gasteiger partial charge in [-0.2, -0.15) is 0 Å². The summed E-state index contributed by atoms with van der Waals surface area (Å²) in [6.07, 6.45) is 3.38. The number of likely N-dealkylation sites (N-methyl/N-ethyl adjacent to an activating group) is 1. The van der Waals surface area contributed by atoms with Gasteiger partial charge in [-0.15, -0.1) is 0 Å². The summed E-state index contributed by atoms with van der Waals surface area (Å²) in [6, 6.07) is 16.8. The van der Waals surface area contributed by atoms with Crippen LogP contribution in [0.3, 0.4) is 0 Å². The molecule has 4 rings (SSSR count). The van der Waals surface area contributed by atoms with Gasteiger partial charge in [0.1, 0.15) is 18.1 Å². The number of likely N-dealkylation sites (tertiary alicyclic amines) is 2. The minimum absolute atomic E-state index is 0.0721. The van der Waals surface area contributed by atoms with Gasteiger partial charge < -0.3 is 19.5 Å². The van der Waals surface area contributed by atoms with E-state index in [0.717, 1.165) is 56.1 Å². The van der Waals surface area contributed by atoms with Crippen LogP contribution in [0.4, 0.5) is 0 Å². The van der Waals surface area contributed by atoms with Crippen molar-refractivity contribution in [2.75, 3.05) is 40.4 Å². The topological polar surface area (TPSA) is 45.2 Å². The van der Waals surface area contributed by atoms with Crippen molar-refractivity contribution in [2.24, 2.45) is 5.41 Å². The fraction of sp³-hybridized carbons (Fsp3) is 0.520. The first-order valence-electron chi connectivity index (χ1n) is 11.0. The molecular formula is C25H34N2O3. The fourth-order valence-electron chi connectivity index (χ4n) is 5.15. The quantitative estimate of drug-likeness (QED) is 0.756. The number of hydrogen-bond acceptors (Lipinski definition) is 5. The second kappa shape index (κ2) is 9.38. The number of hydrogen-bond donors (Lipinski definition) is 1. The Morgan fingerprint density at radius 3 is 2.70 bits per heavy atom. The lowest BCUT2D eigenvalue weighted by atomic mass is 9.69. The van der Waals surface area contributed by atoms with Crippen LogP contribution in [0, 0.1) is 5.41 Å². The molecule has 1 N–H and O–H groups in total. The monoisotopic (exact) mass is 410 g/mol. The van der Waals surface area contributed by atoms with Gasteiger partial charge >= 0.3 is 0 Å². The maximum Gasteiger partial charge on any atom is 0.127 e. The average Bonchev–Trinajstić information content (AvgIpc) is 2.79. The van der Waals surface area contributed by atoms with Gasteiger partial charge in [0.15, 0.2) is 0 Å². The Hall–Kier alpha value is -2.08. The molecule has 2 heterocycles. The molecule has 5 heteroatoms. The summed E-state index contributed by atoms with van der Waals surface area (Å²) in [7, 11) is 3.93. The molecule has 2 aliphatic heterocycles. The van der Waals surface area contributed by atoms with Crippen LogP contribution in [-0.2, 0) is 13.2 Å². The Morgan fingerprint density at radius 1 is 1.10 bits per heavy atom.